The summed E-state index contributed by atoms with van der Waals surface area (Å²) >= 11 is 0. The maximum Gasteiger partial charge on any atom is 0.397 e. The van der Waals surface area contributed by atoms with Crippen molar-refractivity contribution in [1.82, 2.24) is 5.32 Å². The Kier molecular flexibility index (Phi) is 5.20. The van der Waals surface area contributed by atoms with E-state index in [4.69, 9.17) is 14.4 Å². The van der Waals surface area contributed by atoms with Gasteiger partial charge in [-0.25, -0.2) is 4.18 Å². The monoisotopic (exact) mass is 301 g/mol. The zero-order valence-corrected chi connectivity index (χ0v) is 10.6. The van der Waals surface area contributed by atoms with Crippen LogP contribution >= 0.6 is 0 Å². The van der Waals surface area contributed by atoms with Gasteiger partial charge in [0.25, 0.3) is 0 Å². The van der Waals surface area contributed by atoms with E-state index in [9.17, 15) is 23.4 Å². The summed E-state index contributed by atoms with van der Waals surface area (Å²) in [5.41, 5.74) is 0. The molecule has 1 rings (SSSR count). The molecule has 0 aromatic carbocycles. The summed E-state index contributed by atoms with van der Waals surface area (Å²) in [5.74, 6) is -0.611. The van der Waals surface area contributed by atoms with E-state index in [1.54, 1.807) is 0 Å². The van der Waals surface area contributed by atoms with E-state index in [0.717, 1.165) is 6.92 Å². The van der Waals surface area contributed by atoms with Crippen LogP contribution in [0.2, 0.25) is 0 Å². The van der Waals surface area contributed by atoms with Crippen LogP contribution < -0.4 is 5.32 Å². The topological polar surface area (TPSA) is 163 Å². The van der Waals surface area contributed by atoms with Gasteiger partial charge in [0.2, 0.25) is 5.91 Å². The summed E-state index contributed by atoms with van der Waals surface area (Å²) < 4.78 is 38.9. The van der Waals surface area contributed by atoms with Crippen LogP contribution in [0.25, 0.3) is 0 Å². The molecule has 0 unspecified atom stereocenters. The number of hydrogen-bond donors (Lipinski definition) is 5. The summed E-state index contributed by atoms with van der Waals surface area (Å²) in [7, 11) is -4.91. The maximum atomic E-state index is 10.9. The molecule has 11 heteroatoms. The summed E-state index contributed by atoms with van der Waals surface area (Å²) in [6.45, 7) is 0.331. The van der Waals surface area contributed by atoms with Gasteiger partial charge >= 0.3 is 10.4 Å². The van der Waals surface area contributed by atoms with Crippen molar-refractivity contribution in [2.24, 2.45) is 0 Å². The highest BCUT2D eigenvalue weighted by Gasteiger charge is 2.47. The maximum absolute atomic E-state index is 10.9. The van der Waals surface area contributed by atoms with Crippen molar-refractivity contribution in [3.63, 3.8) is 0 Å². The fourth-order valence-corrected chi connectivity index (χ4v) is 2.25. The van der Waals surface area contributed by atoms with Gasteiger partial charge in [0, 0.05) is 6.92 Å². The van der Waals surface area contributed by atoms with Gasteiger partial charge < -0.3 is 25.4 Å². The molecule has 0 aliphatic carbocycles. The molecule has 10 nitrogen and oxygen atoms in total. The highest BCUT2D eigenvalue weighted by Crippen LogP contribution is 2.23. The summed E-state index contributed by atoms with van der Waals surface area (Å²) in [6.07, 6.45) is -6.46. The summed E-state index contributed by atoms with van der Waals surface area (Å²) in [5, 5.41) is 30.5. The normalized spacial score (nSPS) is 35.9. The van der Waals surface area contributed by atoms with Crippen molar-refractivity contribution in [1.29, 1.82) is 0 Å². The van der Waals surface area contributed by atoms with Crippen LogP contribution in [0, 0.1) is 0 Å². The number of rotatable bonds is 4. The van der Waals surface area contributed by atoms with Gasteiger partial charge in [0.05, 0.1) is 6.61 Å². The molecule has 5 atom stereocenters. The lowest BCUT2D eigenvalue weighted by Gasteiger charge is -2.41. The lowest BCUT2D eigenvalue weighted by molar-refractivity contribution is -0.248. The third-order valence-corrected chi connectivity index (χ3v) is 2.94. The number of carbonyl (C=O) groups excluding carboxylic acids is 1. The first-order valence-electron chi connectivity index (χ1n) is 5.21. The highest BCUT2D eigenvalue weighted by molar-refractivity contribution is 7.80. The average Bonchev–Trinajstić information content (AvgIpc) is 2.26. The SMILES string of the molecule is CC(=O)N[C@@H]1[C@@H](O)[C@@H](OS(=O)(=O)O)[C@@H](CO)O[C@H]1O. The number of carbonyl (C=O) groups is 1. The second-order valence-corrected chi connectivity index (χ2v) is 5.00. The Morgan fingerprint density at radius 2 is 2.00 bits per heavy atom. The molecule has 112 valence electrons. The molecular formula is C8H15NO9S. The average molecular weight is 301 g/mol. The van der Waals surface area contributed by atoms with Gasteiger partial charge in [-0.2, -0.15) is 8.42 Å². The number of aliphatic hydroxyl groups is 3. The van der Waals surface area contributed by atoms with Crippen molar-refractivity contribution in [2.75, 3.05) is 6.61 Å². The minimum Gasteiger partial charge on any atom is -0.394 e. The summed E-state index contributed by atoms with van der Waals surface area (Å²) in [4.78, 5) is 10.9. The third kappa shape index (κ3) is 4.35. The van der Waals surface area contributed by atoms with Crippen LogP contribution in [0.4, 0.5) is 0 Å². The number of nitrogens with one attached hydrogen (secondary N) is 1. The molecule has 0 aromatic rings. The van der Waals surface area contributed by atoms with Crippen LogP contribution in [0.5, 0.6) is 0 Å². The predicted molar refractivity (Wildman–Crippen MR) is 58.0 cm³/mol. The van der Waals surface area contributed by atoms with E-state index in [1.807, 2.05) is 0 Å². The fourth-order valence-electron chi connectivity index (χ4n) is 1.73. The van der Waals surface area contributed by atoms with E-state index in [1.165, 1.54) is 0 Å². The minimum atomic E-state index is -4.91. The minimum absolute atomic E-state index is 0.611. The Balaban J connectivity index is 2.94. The number of aliphatic hydroxyl groups excluding tert-OH is 3. The third-order valence-electron chi connectivity index (χ3n) is 2.47. The zero-order valence-electron chi connectivity index (χ0n) is 9.83. The number of amides is 1. The molecular weight excluding hydrogens is 286 g/mol. The van der Waals surface area contributed by atoms with E-state index in [0.29, 0.717) is 0 Å². The first kappa shape index (κ1) is 16.2. The van der Waals surface area contributed by atoms with Crippen LogP contribution in [-0.2, 0) is 24.1 Å². The molecule has 1 amide bonds. The highest BCUT2D eigenvalue weighted by atomic mass is 32.3. The second-order valence-electron chi connectivity index (χ2n) is 3.95. The van der Waals surface area contributed by atoms with Crippen LogP contribution in [-0.4, -0.2) is 71.4 Å². The van der Waals surface area contributed by atoms with Crippen molar-refractivity contribution >= 4 is 16.3 Å². The zero-order chi connectivity index (χ0) is 14.8. The Hall–Kier alpha value is -0.820. The lowest BCUT2D eigenvalue weighted by Crippen LogP contribution is -2.64. The Bertz CT molecular complexity index is 424. The molecule has 1 heterocycles. The molecule has 19 heavy (non-hydrogen) atoms. The Morgan fingerprint density at radius 3 is 2.42 bits per heavy atom. The van der Waals surface area contributed by atoms with E-state index < -0.39 is 53.6 Å². The predicted octanol–water partition coefficient (Wildman–Crippen LogP) is -3.25. The standard InChI is InChI=1S/C8H15NO9S/c1-3(11)9-5-6(12)7(18-19(14,15)16)4(2-10)17-8(5)13/h4-8,10,12-13H,2H2,1H3,(H,9,11)(H,14,15,16)/t4-,5-,6-,7+,8-/m1/s1. The fraction of sp³-hybridized carbons (Fsp3) is 0.875. The van der Waals surface area contributed by atoms with Gasteiger partial charge in [0.1, 0.15) is 24.4 Å². The number of hydrogen-bond acceptors (Lipinski definition) is 8. The smallest absolute Gasteiger partial charge is 0.394 e. The molecule has 0 bridgehead atoms. The molecule has 0 radical (unpaired) electrons. The molecule has 0 saturated carbocycles. The van der Waals surface area contributed by atoms with Gasteiger partial charge in [-0.15, -0.1) is 0 Å². The molecule has 0 spiro atoms. The molecule has 1 aliphatic rings. The van der Waals surface area contributed by atoms with Gasteiger partial charge in [-0.05, 0) is 0 Å². The molecule has 1 aliphatic heterocycles. The van der Waals surface area contributed by atoms with Crippen molar-refractivity contribution in [3.8, 4) is 0 Å². The van der Waals surface area contributed by atoms with Gasteiger partial charge in [-0.1, -0.05) is 0 Å². The van der Waals surface area contributed by atoms with Crippen LogP contribution in [0.3, 0.4) is 0 Å². The van der Waals surface area contributed by atoms with E-state index in [-0.39, 0.29) is 0 Å². The van der Waals surface area contributed by atoms with Crippen LogP contribution in [0.1, 0.15) is 6.92 Å². The second kappa shape index (κ2) is 6.09. The van der Waals surface area contributed by atoms with Crippen molar-refractivity contribution in [3.05, 3.63) is 0 Å². The molecule has 1 fully saturated rings. The lowest BCUT2D eigenvalue weighted by atomic mass is 9.97. The summed E-state index contributed by atoms with van der Waals surface area (Å²) in [6, 6.07) is -1.37. The van der Waals surface area contributed by atoms with Gasteiger partial charge in [-0.3, -0.25) is 9.35 Å². The van der Waals surface area contributed by atoms with Crippen LogP contribution in [0.15, 0.2) is 0 Å². The molecule has 1 saturated heterocycles. The largest absolute Gasteiger partial charge is 0.397 e. The van der Waals surface area contributed by atoms with Crippen molar-refractivity contribution in [2.45, 2.75) is 37.6 Å². The Labute approximate surface area is 108 Å². The first-order chi connectivity index (χ1) is 8.65. The van der Waals surface area contributed by atoms with E-state index in [2.05, 4.69) is 9.50 Å². The van der Waals surface area contributed by atoms with Gasteiger partial charge in [0.15, 0.2) is 6.29 Å². The first-order valence-corrected chi connectivity index (χ1v) is 6.57. The van der Waals surface area contributed by atoms with E-state index >= 15 is 0 Å². The quantitative estimate of drug-likeness (QED) is 0.335. The number of ether oxygens (including phenoxy) is 1. The molecule has 0 aromatic heterocycles. The Morgan fingerprint density at radius 1 is 1.42 bits per heavy atom. The van der Waals surface area contributed by atoms with Crippen molar-refractivity contribution < 1.29 is 42.0 Å². The molecule has 5 N–H and O–H groups in total.